The average Bonchev–Trinajstić information content (AvgIpc) is 2.75. The maximum atomic E-state index is 4.57. The zero-order valence-electron chi connectivity index (χ0n) is 8.30. The number of hydrogen-bond acceptors (Lipinski definition) is 2. The van der Waals surface area contributed by atoms with E-state index in [0.29, 0.717) is 12.0 Å². The van der Waals surface area contributed by atoms with Gasteiger partial charge in [0.2, 0.25) is 0 Å². The van der Waals surface area contributed by atoms with Crippen LogP contribution in [0.2, 0.25) is 0 Å². The molecule has 1 aliphatic heterocycles. The molecule has 3 nitrogen and oxygen atoms in total. The molecule has 0 radical (unpaired) electrons. The van der Waals surface area contributed by atoms with Crippen LogP contribution in [0.5, 0.6) is 0 Å². The van der Waals surface area contributed by atoms with Crippen LogP contribution in [-0.4, -0.2) is 16.5 Å². The van der Waals surface area contributed by atoms with Gasteiger partial charge in [0.15, 0.2) is 0 Å². The summed E-state index contributed by atoms with van der Waals surface area (Å²) in [6.07, 6.45) is 4.51. The monoisotopic (exact) mass is 179 g/mol. The predicted molar refractivity (Wildman–Crippen MR) is 52.7 cm³/mol. The Bertz CT molecular complexity index is 271. The minimum absolute atomic E-state index is 0.465. The second kappa shape index (κ2) is 3.50. The summed E-state index contributed by atoms with van der Waals surface area (Å²) in [6.45, 7) is 5.46. The zero-order valence-corrected chi connectivity index (χ0v) is 8.30. The topological polar surface area (TPSA) is 40.7 Å². The van der Waals surface area contributed by atoms with Crippen LogP contribution in [0.25, 0.3) is 0 Å². The largest absolute Gasteiger partial charge is 0.347 e. The summed E-state index contributed by atoms with van der Waals surface area (Å²) < 4.78 is 0. The first-order valence-corrected chi connectivity index (χ1v) is 5.06. The van der Waals surface area contributed by atoms with Gasteiger partial charge in [-0.3, -0.25) is 0 Å². The van der Waals surface area contributed by atoms with Crippen molar-refractivity contribution in [1.29, 1.82) is 0 Å². The first kappa shape index (κ1) is 8.75. The van der Waals surface area contributed by atoms with E-state index in [4.69, 9.17) is 0 Å². The van der Waals surface area contributed by atoms with Gasteiger partial charge >= 0.3 is 0 Å². The Hall–Kier alpha value is -0.830. The van der Waals surface area contributed by atoms with E-state index in [1.807, 2.05) is 6.20 Å². The lowest BCUT2D eigenvalue weighted by atomic mass is 10.1. The molecule has 2 N–H and O–H groups in total. The smallest absolute Gasteiger partial charge is 0.123 e. The van der Waals surface area contributed by atoms with Gasteiger partial charge < -0.3 is 10.3 Å². The Kier molecular flexibility index (Phi) is 2.36. The maximum absolute atomic E-state index is 4.57. The fourth-order valence-corrected chi connectivity index (χ4v) is 1.74. The molecule has 2 rings (SSSR count). The van der Waals surface area contributed by atoms with Crippen LogP contribution >= 0.6 is 0 Å². The van der Waals surface area contributed by atoms with E-state index in [1.54, 1.807) is 0 Å². The van der Waals surface area contributed by atoms with Crippen molar-refractivity contribution in [3.63, 3.8) is 0 Å². The Balaban J connectivity index is 2.12. The molecule has 0 aromatic carbocycles. The van der Waals surface area contributed by atoms with Crippen molar-refractivity contribution in [1.82, 2.24) is 15.3 Å². The summed E-state index contributed by atoms with van der Waals surface area (Å²) in [6, 6.07) is 0.465. The second-order valence-corrected chi connectivity index (χ2v) is 4.01. The van der Waals surface area contributed by atoms with E-state index in [-0.39, 0.29) is 0 Å². The molecule has 0 amide bonds. The van der Waals surface area contributed by atoms with Gasteiger partial charge in [0.1, 0.15) is 5.82 Å². The molecular formula is C10H17N3. The van der Waals surface area contributed by atoms with E-state index in [2.05, 4.69) is 29.1 Å². The standard InChI is InChI=1S/C10H17N3/c1-7(2)9-6-12-10(13-9)8-4-3-5-11-8/h6-8,11H,3-5H2,1-2H3,(H,12,13)/t8-/m0/s1. The molecular weight excluding hydrogens is 162 g/mol. The summed E-state index contributed by atoms with van der Waals surface area (Å²) >= 11 is 0. The van der Waals surface area contributed by atoms with Gasteiger partial charge in [0, 0.05) is 6.20 Å². The number of aromatic amines is 1. The van der Waals surface area contributed by atoms with E-state index in [9.17, 15) is 0 Å². The van der Waals surface area contributed by atoms with Gasteiger partial charge in [0.05, 0.1) is 11.7 Å². The van der Waals surface area contributed by atoms with Gasteiger partial charge in [-0.2, -0.15) is 0 Å². The molecule has 3 heteroatoms. The van der Waals surface area contributed by atoms with Crippen molar-refractivity contribution in [3.8, 4) is 0 Å². The molecule has 1 aliphatic rings. The van der Waals surface area contributed by atoms with Crippen LogP contribution in [0.15, 0.2) is 6.20 Å². The normalized spacial score (nSPS) is 22.8. The molecule has 13 heavy (non-hydrogen) atoms. The first-order valence-electron chi connectivity index (χ1n) is 5.06. The van der Waals surface area contributed by atoms with Crippen molar-refractivity contribution in [2.24, 2.45) is 0 Å². The Morgan fingerprint density at radius 3 is 2.92 bits per heavy atom. The summed E-state index contributed by atoms with van der Waals surface area (Å²) in [5.41, 5.74) is 1.17. The van der Waals surface area contributed by atoms with E-state index in [1.165, 1.54) is 18.5 Å². The Morgan fingerprint density at radius 2 is 2.38 bits per heavy atom. The number of nitrogens with one attached hydrogen (secondary N) is 2. The van der Waals surface area contributed by atoms with Crippen LogP contribution < -0.4 is 5.32 Å². The summed E-state index contributed by atoms with van der Waals surface area (Å²) in [4.78, 5) is 7.83. The molecule has 1 fully saturated rings. The number of rotatable bonds is 2. The molecule has 0 unspecified atom stereocenters. The molecule has 1 aromatic rings. The third-order valence-corrected chi connectivity index (χ3v) is 2.60. The Labute approximate surface area is 79.0 Å². The zero-order chi connectivity index (χ0) is 9.26. The van der Waals surface area contributed by atoms with Gasteiger partial charge in [0.25, 0.3) is 0 Å². The highest BCUT2D eigenvalue weighted by Crippen LogP contribution is 2.21. The molecule has 0 spiro atoms. The minimum atomic E-state index is 0.465. The van der Waals surface area contributed by atoms with E-state index in [0.717, 1.165) is 12.4 Å². The van der Waals surface area contributed by atoms with Crippen LogP contribution in [0.4, 0.5) is 0 Å². The lowest BCUT2D eigenvalue weighted by Crippen LogP contribution is -2.14. The lowest BCUT2D eigenvalue weighted by Gasteiger charge is -2.05. The number of imidazole rings is 1. The number of nitrogens with zero attached hydrogens (tertiary/aromatic N) is 1. The number of aromatic nitrogens is 2. The van der Waals surface area contributed by atoms with Gasteiger partial charge in [-0.1, -0.05) is 13.8 Å². The molecule has 1 atom stereocenters. The predicted octanol–water partition coefficient (Wildman–Crippen LogP) is 1.96. The number of hydrogen-bond donors (Lipinski definition) is 2. The van der Waals surface area contributed by atoms with Crippen LogP contribution in [0.3, 0.4) is 0 Å². The van der Waals surface area contributed by atoms with Crippen LogP contribution in [0.1, 0.15) is 50.2 Å². The van der Waals surface area contributed by atoms with Gasteiger partial charge in [-0.15, -0.1) is 0 Å². The van der Waals surface area contributed by atoms with E-state index < -0.39 is 0 Å². The van der Waals surface area contributed by atoms with Crippen molar-refractivity contribution < 1.29 is 0 Å². The van der Waals surface area contributed by atoms with Crippen molar-refractivity contribution in [2.75, 3.05) is 6.54 Å². The quantitative estimate of drug-likeness (QED) is 0.728. The Morgan fingerprint density at radius 1 is 1.54 bits per heavy atom. The molecule has 0 bridgehead atoms. The third-order valence-electron chi connectivity index (χ3n) is 2.60. The highest BCUT2D eigenvalue weighted by molar-refractivity contribution is 5.09. The minimum Gasteiger partial charge on any atom is -0.347 e. The molecule has 1 aromatic heterocycles. The van der Waals surface area contributed by atoms with E-state index >= 15 is 0 Å². The van der Waals surface area contributed by atoms with Gasteiger partial charge in [-0.05, 0) is 25.3 Å². The average molecular weight is 179 g/mol. The van der Waals surface area contributed by atoms with Crippen molar-refractivity contribution >= 4 is 0 Å². The SMILES string of the molecule is CC(C)c1c[nH]c([C@@H]2CCCN2)n1. The summed E-state index contributed by atoms with van der Waals surface area (Å²) in [5, 5.41) is 3.43. The summed E-state index contributed by atoms with van der Waals surface area (Å²) in [7, 11) is 0. The fourth-order valence-electron chi connectivity index (χ4n) is 1.74. The number of H-pyrrole nitrogens is 1. The molecule has 72 valence electrons. The molecule has 0 aliphatic carbocycles. The van der Waals surface area contributed by atoms with Crippen LogP contribution in [-0.2, 0) is 0 Å². The molecule has 0 saturated carbocycles. The fraction of sp³-hybridized carbons (Fsp3) is 0.700. The highest BCUT2D eigenvalue weighted by atomic mass is 15.0. The second-order valence-electron chi connectivity index (χ2n) is 4.01. The highest BCUT2D eigenvalue weighted by Gasteiger charge is 2.19. The summed E-state index contributed by atoms with van der Waals surface area (Å²) in [5.74, 6) is 1.63. The molecule has 2 heterocycles. The molecule has 1 saturated heterocycles. The van der Waals surface area contributed by atoms with Crippen molar-refractivity contribution in [2.45, 2.75) is 38.6 Å². The third kappa shape index (κ3) is 1.75. The lowest BCUT2D eigenvalue weighted by molar-refractivity contribution is 0.609. The van der Waals surface area contributed by atoms with Crippen molar-refractivity contribution in [3.05, 3.63) is 17.7 Å². The maximum Gasteiger partial charge on any atom is 0.123 e. The first-order chi connectivity index (χ1) is 6.27. The van der Waals surface area contributed by atoms with Gasteiger partial charge in [-0.25, -0.2) is 4.98 Å². The van der Waals surface area contributed by atoms with Crippen LogP contribution in [0, 0.1) is 0 Å².